The van der Waals surface area contributed by atoms with Crippen LogP contribution < -0.4 is 0 Å². The van der Waals surface area contributed by atoms with Crippen LogP contribution >= 0.6 is 0 Å². The van der Waals surface area contributed by atoms with Crippen LogP contribution in [0.3, 0.4) is 0 Å². The van der Waals surface area contributed by atoms with Crippen molar-refractivity contribution in [3.05, 3.63) is 6.92 Å². The summed E-state index contributed by atoms with van der Waals surface area (Å²) in [5, 5.41) is 7.99. The van der Waals surface area contributed by atoms with Gasteiger partial charge in [0, 0.05) is 22.4 Å². The Labute approximate surface area is 110 Å². The van der Waals surface area contributed by atoms with Gasteiger partial charge in [-0.1, -0.05) is 27.7 Å². The maximum absolute atomic E-state index is 9.70. The predicted molar refractivity (Wildman–Crippen MR) is 60.2 cm³/mol. The third-order valence-corrected chi connectivity index (χ3v) is 1.86. The van der Waals surface area contributed by atoms with Gasteiger partial charge in [0.15, 0.2) is 0 Å². The van der Waals surface area contributed by atoms with Gasteiger partial charge in [-0.05, 0) is 19.6 Å². The van der Waals surface area contributed by atoms with Crippen LogP contribution in [0.25, 0.3) is 0 Å². The molecule has 0 aliphatic rings. The Morgan fingerprint density at radius 2 is 1.67 bits per heavy atom. The smallest absolute Gasteiger partial charge is 0.305 e. The van der Waals surface area contributed by atoms with E-state index in [2.05, 4.69) is 25.7 Å². The van der Waals surface area contributed by atoms with Gasteiger partial charge in [-0.3, -0.25) is 4.79 Å². The second-order valence-electron chi connectivity index (χ2n) is 3.37. The number of carboxylic acid groups (broad SMARTS) is 1. The first-order valence-corrected chi connectivity index (χ1v) is 5.23. The fourth-order valence-electron chi connectivity index (χ4n) is 0.763. The van der Waals surface area contributed by atoms with Gasteiger partial charge in [-0.25, -0.2) is 0 Å². The number of carbonyl (C=O) groups is 1. The molecule has 0 aromatic heterocycles. The largest absolute Gasteiger partial charge is 0.481 e. The second kappa shape index (κ2) is 14.2. The van der Waals surface area contributed by atoms with E-state index in [4.69, 9.17) is 5.11 Å². The molecule has 1 radical (unpaired) electrons. The molecule has 15 heavy (non-hydrogen) atoms. The molecule has 0 aliphatic carbocycles. The van der Waals surface area contributed by atoms with Gasteiger partial charge >= 0.3 is 5.97 Å². The molecule has 0 spiro atoms. The quantitative estimate of drug-likeness (QED) is 0.625. The summed E-state index contributed by atoms with van der Waals surface area (Å²) in [6, 6.07) is 0. The topological polar surface area (TPSA) is 40.5 Å². The van der Waals surface area contributed by atoms with E-state index >= 15 is 0 Å². The Bertz CT molecular complexity index is 137. The zero-order valence-corrected chi connectivity index (χ0v) is 11.7. The Hall–Kier alpha value is 0.170. The minimum absolute atomic E-state index is 0. The van der Waals surface area contributed by atoms with E-state index in [1.165, 1.54) is 0 Å². The van der Waals surface area contributed by atoms with Crippen LogP contribution in [0.5, 0.6) is 0 Å². The third kappa shape index (κ3) is 16.8. The van der Waals surface area contributed by atoms with Crippen molar-refractivity contribution in [2.75, 3.05) is 19.6 Å². The number of carboxylic acids is 1. The molecule has 0 saturated carbocycles. The molecule has 0 amide bonds. The van der Waals surface area contributed by atoms with Gasteiger partial charge in [0.25, 0.3) is 0 Å². The fraction of sp³-hybridized carbons (Fsp3) is 0.818. The standard InChI is InChI=1S/C7H16N.C4H8O2.Ag/c1-4-7-8(5-2)6-3;1-3(2)4(5)6;/h1,4-7H2,2-3H3;3H,1-2H3,(H,5,6);/q-1;;. The number of hydrogen-bond acceptors (Lipinski definition) is 2. The molecule has 1 N–H and O–H groups in total. The van der Waals surface area contributed by atoms with Crippen molar-refractivity contribution in [3.8, 4) is 0 Å². The van der Waals surface area contributed by atoms with Crippen LogP contribution in [0.2, 0.25) is 0 Å². The van der Waals surface area contributed by atoms with E-state index in [1.807, 2.05) is 0 Å². The monoisotopic (exact) mass is 309 g/mol. The van der Waals surface area contributed by atoms with E-state index < -0.39 is 5.97 Å². The van der Waals surface area contributed by atoms with Gasteiger partial charge in [0.1, 0.15) is 0 Å². The second-order valence-corrected chi connectivity index (χ2v) is 3.37. The van der Waals surface area contributed by atoms with Crippen molar-refractivity contribution in [3.63, 3.8) is 0 Å². The van der Waals surface area contributed by atoms with Crippen molar-refractivity contribution < 1.29 is 32.3 Å². The number of nitrogens with zero attached hydrogens (tertiary/aromatic N) is 1. The zero-order valence-electron chi connectivity index (χ0n) is 10.2. The van der Waals surface area contributed by atoms with Gasteiger partial charge in [-0.2, -0.15) is 6.42 Å². The zero-order chi connectivity index (χ0) is 11.6. The van der Waals surface area contributed by atoms with E-state index in [0.29, 0.717) is 0 Å². The normalized spacial score (nSPS) is 9.27. The van der Waals surface area contributed by atoms with Gasteiger partial charge < -0.3 is 16.9 Å². The summed E-state index contributed by atoms with van der Waals surface area (Å²) in [6.07, 6.45) is 1.03. The van der Waals surface area contributed by atoms with E-state index in [9.17, 15) is 4.79 Å². The Kier molecular flexibility index (Phi) is 19.4. The van der Waals surface area contributed by atoms with Crippen LogP contribution in [-0.4, -0.2) is 35.6 Å². The van der Waals surface area contributed by atoms with Crippen LogP contribution in [0.15, 0.2) is 0 Å². The van der Waals surface area contributed by atoms with Gasteiger partial charge in [0.2, 0.25) is 0 Å². The van der Waals surface area contributed by atoms with Crippen LogP contribution in [0.1, 0.15) is 34.1 Å². The maximum Gasteiger partial charge on any atom is 0.305 e. The molecule has 0 unspecified atom stereocenters. The molecular weight excluding hydrogens is 286 g/mol. The molecule has 0 heterocycles. The van der Waals surface area contributed by atoms with Crippen LogP contribution in [0, 0.1) is 12.8 Å². The first-order valence-electron chi connectivity index (χ1n) is 5.23. The first-order chi connectivity index (χ1) is 6.49. The minimum atomic E-state index is -0.741. The third-order valence-electron chi connectivity index (χ3n) is 1.86. The van der Waals surface area contributed by atoms with E-state index in [1.54, 1.807) is 13.8 Å². The molecule has 0 bridgehead atoms. The fourth-order valence-corrected chi connectivity index (χ4v) is 0.763. The molecule has 0 atom stereocenters. The summed E-state index contributed by atoms with van der Waals surface area (Å²) in [7, 11) is 0. The maximum atomic E-state index is 9.70. The molecular formula is C11H24AgNO2-. The van der Waals surface area contributed by atoms with E-state index in [0.717, 1.165) is 26.1 Å². The molecule has 97 valence electrons. The summed E-state index contributed by atoms with van der Waals surface area (Å²) >= 11 is 0. The summed E-state index contributed by atoms with van der Waals surface area (Å²) in [5.41, 5.74) is 0. The molecule has 0 aromatic carbocycles. The van der Waals surface area contributed by atoms with Crippen molar-refractivity contribution >= 4 is 5.97 Å². The number of rotatable bonds is 5. The summed E-state index contributed by atoms with van der Waals surface area (Å²) < 4.78 is 0. The van der Waals surface area contributed by atoms with Crippen molar-refractivity contribution in [1.29, 1.82) is 0 Å². The van der Waals surface area contributed by atoms with Gasteiger partial charge in [-0.15, -0.1) is 0 Å². The van der Waals surface area contributed by atoms with Crippen LogP contribution in [-0.2, 0) is 27.2 Å². The first kappa shape index (κ1) is 20.6. The molecule has 0 aliphatic heterocycles. The molecule has 0 saturated heterocycles. The summed E-state index contributed by atoms with van der Waals surface area (Å²) in [6.45, 7) is 14.9. The summed E-state index contributed by atoms with van der Waals surface area (Å²) in [4.78, 5) is 12.1. The Balaban J connectivity index is -0.000000187. The van der Waals surface area contributed by atoms with Crippen molar-refractivity contribution in [2.24, 2.45) is 5.92 Å². The molecule has 0 fully saturated rings. The predicted octanol–water partition coefficient (Wildman–Crippen LogP) is 2.28. The minimum Gasteiger partial charge on any atom is -0.481 e. The Morgan fingerprint density at radius 1 is 1.33 bits per heavy atom. The summed E-state index contributed by atoms with van der Waals surface area (Å²) in [5.74, 6) is -0.972. The number of aliphatic carboxylic acids is 1. The van der Waals surface area contributed by atoms with E-state index in [-0.39, 0.29) is 28.3 Å². The van der Waals surface area contributed by atoms with Gasteiger partial charge in [0.05, 0.1) is 5.92 Å². The SMILES string of the molecule is CC(C)C(=O)O.[Ag].[CH2-]CCN(CC)CC. The van der Waals surface area contributed by atoms with Crippen molar-refractivity contribution in [2.45, 2.75) is 34.1 Å². The number of hydrogen-bond donors (Lipinski definition) is 1. The Morgan fingerprint density at radius 3 is 1.73 bits per heavy atom. The molecule has 4 heteroatoms. The van der Waals surface area contributed by atoms with Crippen LogP contribution in [0.4, 0.5) is 0 Å². The average Bonchev–Trinajstić information content (AvgIpc) is 2.15. The van der Waals surface area contributed by atoms with Crippen molar-refractivity contribution in [1.82, 2.24) is 4.90 Å². The molecule has 0 rings (SSSR count). The molecule has 3 nitrogen and oxygen atoms in total. The molecule has 0 aromatic rings. The average molecular weight is 310 g/mol.